The highest BCUT2D eigenvalue weighted by molar-refractivity contribution is 9.10. The first-order chi connectivity index (χ1) is 13.3. The van der Waals surface area contributed by atoms with Crippen molar-refractivity contribution < 1.29 is 31.5 Å². The number of nitrogens with one attached hydrogen (secondary N) is 1. The molecule has 0 bridgehead atoms. The lowest BCUT2D eigenvalue weighted by atomic mass is 10.1. The molecule has 0 radical (unpaired) electrons. The molecule has 0 aliphatic heterocycles. The van der Waals surface area contributed by atoms with Crippen LogP contribution in [0.15, 0.2) is 51.8 Å². The minimum absolute atomic E-state index is 0.130. The maximum absolute atomic E-state index is 13.0. The van der Waals surface area contributed by atoms with Crippen LogP contribution >= 0.6 is 15.9 Å². The first-order valence-corrected chi connectivity index (χ1v) is 10.3. The fraction of sp³-hybridized carbons (Fsp3) is 0.222. The quantitative estimate of drug-likeness (QED) is 0.615. The Labute approximate surface area is 173 Å². The second-order valence-corrected chi connectivity index (χ2v) is 9.19. The van der Waals surface area contributed by atoms with Crippen molar-refractivity contribution in [2.45, 2.75) is 23.6 Å². The highest BCUT2D eigenvalue weighted by Crippen LogP contribution is 2.38. The maximum atomic E-state index is 13.0. The van der Waals surface area contributed by atoms with Crippen molar-refractivity contribution >= 4 is 43.0 Å². The second kappa shape index (κ2) is 8.14. The molecule has 0 aliphatic rings. The number of nitrogens with zero attached hydrogens (tertiary/aromatic N) is 1. The van der Waals surface area contributed by atoms with E-state index >= 15 is 0 Å². The Hall–Kier alpha value is -2.42. The third-order valence-electron chi connectivity index (χ3n) is 3.81. The monoisotopic (exact) mass is 490 g/mol. The predicted molar refractivity (Wildman–Crippen MR) is 103 cm³/mol. The molecule has 0 fully saturated rings. The van der Waals surface area contributed by atoms with E-state index in [0.29, 0.717) is 10.5 Å². The van der Waals surface area contributed by atoms with Crippen LogP contribution in [-0.2, 0) is 20.8 Å². The zero-order valence-corrected chi connectivity index (χ0v) is 17.2. The molecular formula is C18H14BrF3N2O4S. The Morgan fingerprint density at radius 1 is 1.21 bits per heavy atom. The van der Waals surface area contributed by atoms with Gasteiger partial charge in [0.2, 0.25) is 0 Å². The lowest BCUT2D eigenvalue weighted by Crippen LogP contribution is -2.45. The van der Waals surface area contributed by atoms with E-state index in [0.717, 1.165) is 19.1 Å². The van der Waals surface area contributed by atoms with Gasteiger partial charge in [0.05, 0.1) is 22.8 Å². The number of hydrogen-bond acceptors (Lipinski definition) is 4. The maximum Gasteiger partial charge on any atom is 0.407 e. The Balaban J connectivity index is 2.25. The summed E-state index contributed by atoms with van der Waals surface area (Å²) < 4.78 is 64.6. The molecule has 154 valence electrons. The lowest BCUT2D eigenvalue weighted by molar-refractivity contribution is -0.137. The SMILES string of the molecule is [C-]#[N+]c1ccc(NC(=O)C(C)(O)CS(=O)(=O)c2ccc(Br)cc2)cc1C(F)(F)F. The van der Waals surface area contributed by atoms with Crippen LogP contribution in [0.2, 0.25) is 0 Å². The number of sulfone groups is 1. The summed E-state index contributed by atoms with van der Waals surface area (Å²) in [5, 5.41) is 12.4. The van der Waals surface area contributed by atoms with Crippen LogP contribution in [0.4, 0.5) is 24.5 Å². The lowest BCUT2D eigenvalue weighted by Gasteiger charge is -2.22. The van der Waals surface area contributed by atoms with Gasteiger partial charge in [-0.25, -0.2) is 13.3 Å². The molecule has 1 atom stereocenters. The third kappa shape index (κ3) is 5.56. The summed E-state index contributed by atoms with van der Waals surface area (Å²) in [6.45, 7) is 7.74. The second-order valence-electron chi connectivity index (χ2n) is 6.28. The van der Waals surface area contributed by atoms with Crippen molar-refractivity contribution in [3.05, 3.63) is 63.9 Å². The van der Waals surface area contributed by atoms with Crippen LogP contribution in [0.5, 0.6) is 0 Å². The largest absolute Gasteiger partial charge is 0.407 e. The normalized spacial score (nSPS) is 14.0. The zero-order valence-electron chi connectivity index (χ0n) is 14.8. The van der Waals surface area contributed by atoms with Gasteiger partial charge in [0, 0.05) is 10.2 Å². The molecule has 2 rings (SSSR count). The van der Waals surface area contributed by atoms with Crippen molar-refractivity contribution in [2.24, 2.45) is 0 Å². The molecule has 0 aromatic heterocycles. The number of carbonyl (C=O) groups is 1. The van der Waals surface area contributed by atoms with Crippen molar-refractivity contribution in [1.29, 1.82) is 0 Å². The molecular weight excluding hydrogens is 477 g/mol. The fourth-order valence-electron chi connectivity index (χ4n) is 2.36. The van der Waals surface area contributed by atoms with E-state index in [9.17, 15) is 31.5 Å². The standard InChI is InChI=1S/C18H14BrF3N2O4S/c1-17(26,10-29(27,28)13-6-3-11(19)4-7-13)16(25)24-12-5-8-15(23-2)14(9-12)18(20,21)22/h3-9,26H,10H2,1H3,(H,24,25). The minimum atomic E-state index is -4.83. The minimum Gasteiger partial charge on any atom is -0.379 e. The summed E-state index contributed by atoms with van der Waals surface area (Å²) in [5.74, 6) is -2.19. The molecule has 2 aromatic rings. The Kier molecular flexibility index (Phi) is 6.42. The number of alkyl halides is 3. The molecule has 1 amide bonds. The highest BCUT2D eigenvalue weighted by atomic mass is 79.9. The molecule has 1 unspecified atom stereocenters. The van der Waals surface area contributed by atoms with Gasteiger partial charge in [-0.1, -0.05) is 22.0 Å². The van der Waals surface area contributed by atoms with E-state index in [1.807, 2.05) is 0 Å². The summed E-state index contributed by atoms with van der Waals surface area (Å²) in [5.41, 5.74) is -4.67. The van der Waals surface area contributed by atoms with E-state index in [1.165, 1.54) is 24.3 Å². The van der Waals surface area contributed by atoms with Crippen molar-refractivity contribution in [3.63, 3.8) is 0 Å². The van der Waals surface area contributed by atoms with Crippen LogP contribution in [-0.4, -0.2) is 30.8 Å². The number of anilines is 1. The first kappa shape index (κ1) is 22.9. The topological polar surface area (TPSA) is 87.8 Å². The van der Waals surface area contributed by atoms with E-state index in [1.54, 1.807) is 0 Å². The summed E-state index contributed by atoms with van der Waals surface area (Å²) in [6.07, 6.45) is -4.83. The number of aliphatic hydroxyl groups is 1. The zero-order chi connectivity index (χ0) is 22.0. The molecule has 2 aromatic carbocycles. The van der Waals surface area contributed by atoms with Crippen LogP contribution in [0, 0.1) is 6.57 Å². The molecule has 0 saturated heterocycles. The summed E-state index contributed by atoms with van der Waals surface area (Å²) in [6, 6.07) is 7.99. The summed E-state index contributed by atoms with van der Waals surface area (Å²) in [4.78, 5) is 15.0. The van der Waals surface area contributed by atoms with Gasteiger partial charge in [-0.15, -0.1) is 0 Å². The number of amides is 1. The fourth-order valence-corrected chi connectivity index (χ4v) is 4.22. The molecule has 11 heteroatoms. The average molecular weight is 491 g/mol. The average Bonchev–Trinajstić information content (AvgIpc) is 2.60. The van der Waals surface area contributed by atoms with Crippen LogP contribution in [0.25, 0.3) is 4.85 Å². The number of benzene rings is 2. The van der Waals surface area contributed by atoms with Gasteiger partial charge in [0.1, 0.15) is 0 Å². The smallest absolute Gasteiger partial charge is 0.379 e. The van der Waals surface area contributed by atoms with Crippen molar-refractivity contribution in [3.8, 4) is 0 Å². The molecule has 29 heavy (non-hydrogen) atoms. The number of carbonyl (C=O) groups excluding carboxylic acids is 1. The van der Waals surface area contributed by atoms with Gasteiger partial charge in [-0.05, 0) is 43.3 Å². The number of halogens is 4. The Morgan fingerprint density at radius 2 is 1.79 bits per heavy atom. The van der Waals surface area contributed by atoms with Crippen LogP contribution in [0.3, 0.4) is 0 Å². The van der Waals surface area contributed by atoms with E-state index in [2.05, 4.69) is 26.1 Å². The Bertz CT molecular complexity index is 1080. The molecule has 0 spiro atoms. The highest BCUT2D eigenvalue weighted by Gasteiger charge is 2.38. The van der Waals surface area contributed by atoms with Crippen LogP contribution in [0.1, 0.15) is 12.5 Å². The van der Waals surface area contributed by atoms with E-state index < -0.39 is 44.5 Å². The molecule has 0 heterocycles. The van der Waals surface area contributed by atoms with E-state index in [-0.39, 0.29) is 10.6 Å². The Morgan fingerprint density at radius 3 is 2.31 bits per heavy atom. The molecule has 0 saturated carbocycles. The van der Waals surface area contributed by atoms with Gasteiger partial charge in [-0.2, -0.15) is 13.2 Å². The molecule has 6 nitrogen and oxygen atoms in total. The number of hydrogen-bond donors (Lipinski definition) is 2. The van der Waals surface area contributed by atoms with Gasteiger partial charge in [0.15, 0.2) is 21.1 Å². The van der Waals surface area contributed by atoms with E-state index in [4.69, 9.17) is 6.57 Å². The first-order valence-electron chi connectivity index (χ1n) is 7.87. The van der Waals surface area contributed by atoms with Crippen molar-refractivity contribution in [2.75, 3.05) is 11.1 Å². The molecule has 0 aliphatic carbocycles. The van der Waals surface area contributed by atoms with Gasteiger partial charge < -0.3 is 10.4 Å². The number of rotatable bonds is 5. The van der Waals surface area contributed by atoms with Crippen molar-refractivity contribution in [1.82, 2.24) is 0 Å². The van der Waals surface area contributed by atoms with Gasteiger partial charge >= 0.3 is 6.18 Å². The summed E-state index contributed by atoms with van der Waals surface area (Å²) >= 11 is 3.16. The predicted octanol–water partition coefficient (Wildman–Crippen LogP) is 4.18. The third-order valence-corrected chi connectivity index (χ3v) is 6.27. The molecule has 2 N–H and O–H groups in total. The van der Waals surface area contributed by atoms with Crippen LogP contribution < -0.4 is 5.32 Å². The summed E-state index contributed by atoms with van der Waals surface area (Å²) in [7, 11) is -4.07. The van der Waals surface area contributed by atoms with Gasteiger partial charge in [-0.3, -0.25) is 4.79 Å². The van der Waals surface area contributed by atoms with Gasteiger partial charge in [0.25, 0.3) is 5.91 Å².